The van der Waals surface area contributed by atoms with Crippen LogP contribution in [-0.4, -0.2) is 29.4 Å². The van der Waals surface area contributed by atoms with Gasteiger partial charge >= 0.3 is 5.97 Å². The maximum absolute atomic E-state index is 12.5. The highest BCUT2D eigenvalue weighted by Gasteiger charge is 2.15. The quantitative estimate of drug-likeness (QED) is 0.578. The molecular weight excluding hydrogens is 356 g/mol. The van der Waals surface area contributed by atoms with E-state index in [1.165, 1.54) is 0 Å². The van der Waals surface area contributed by atoms with Crippen molar-refractivity contribution >= 4 is 34.6 Å². The standard InChI is InChI=1S/C22H18N2O4/c25-20(26)14-23-22(28)19(24-21(27)16-8-2-1-3-9-16)13-17-11-6-10-15-7-4-5-12-18(15)17/h1-13H,14H2,(H,23,28)(H,24,27)(H,25,26)/b19-13-. The fourth-order valence-corrected chi connectivity index (χ4v) is 2.73. The number of rotatable bonds is 6. The summed E-state index contributed by atoms with van der Waals surface area (Å²) < 4.78 is 0. The first kappa shape index (κ1) is 18.8. The summed E-state index contributed by atoms with van der Waals surface area (Å²) in [6.45, 7) is -0.549. The Hall–Kier alpha value is -3.93. The van der Waals surface area contributed by atoms with Crippen LogP contribution in [0.4, 0.5) is 0 Å². The number of carboxylic acids is 1. The third-order valence-corrected chi connectivity index (χ3v) is 4.05. The number of fused-ring (bicyclic) bond motifs is 1. The summed E-state index contributed by atoms with van der Waals surface area (Å²) in [7, 11) is 0. The number of aliphatic carboxylic acids is 1. The van der Waals surface area contributed by atoms with Crippen LogP contribution in [0, 0.1) is 0 Å². The topological polar surface area (TPSA) is 95.5 Å². The number of benzene rings is 3. The van der Waals surface area contributed by atoms with E-state index in [1.54, 1.807) is 36.4 Å². The molecular formula is C22H18N2O4. The maximum atomic E-state index is 12.5. The lowest BCUT2D eigenvalue weighted by atomic mass is 10.0. The van der Waals surface area contributed by atoms with Gasteiger partial charge in [0.15, 0.2) is 0 Å². The predicted molar refractivity (Wildman–Crippen MR) is 106 cm³/mol. The van der Waals surface area contributed by atoms with Crippen LogP contribution in [0.1, 0.15) is 15.9 Å². The molecule has 3 aromatic rings. The van der Waals surface area contributed by atoms with Gasteiger partial charge in [0.05, 0.1) is 0 Å². The molecule has 0 atom stereocenters. The van der Waals surface area contributed by atoms with Crippen molar-refractivity contribution in [2.24, 2.45) is 0 Å². The molecule has 28 heavy (non-hydrogen) atoms. The highest BCUT2D eigenvalue weighted by Crippen LogP contribution is 2.20. The summed E-state index contributed by atoms with van der Waals surface area (Å²) in [5, 5.41) is 15.6. The number of carboxylic acid groups (broad SMARTS) is 1. The molecule has 0 aromatic heterocycles. The molecule has 6 heteroatoms. The average Bonchev–Trinajstić information content (AvgIpc) is 2.72. The normalized spacial score (nSPS) is 11.1. The second kappa shape index (κ2) is 8.64. The summed E-state index contributed by atoms with van der Waals surface area (Å²) in [5.74, 6) is -2.32. The molecule has 0 aliphatic carbocycles. The number of carbonyl (C=O) groups excluding carboxylic acids is 2. The van der Waals surface area contributed by atoms with Gasteiger partial charge in [0.2, 0.25) is 0 Å². The summed E-state index contributed by atoms with van der Waals surface area (Å²) in [4.78, 5) is 35.8. The molecule has 0 aliphatic rings. The lowest BCUT2D eigenvalue weighted by molar-refractivity contribution is -0.137. The van der Waals surface area contributed by atoms with E-state index in [2.05, 4.69) is 10.6 Å². The lowest BCUT2D eigenvalue weighted by Crippen LogP contribution is -2.37. The second-order valence-electron chi connectivity index (χ2n) is 6.02. The molecule has 3 aromatic carbocycles. The molecule has 6 nitrogen and oxygen atoms in total. The average molecular weight is 374 g/mol. The molecule has 2 amide bonds. The van der Waals surface area contributed by atoms with Crippen LogP contribution in [-0.2, 0) is 9.59 Å². The highest BCUT2D eigenvalue weighted by molar-refractivity contribution is 6.07. The van der Waals surface area contributed by atoms with Gasteiger partial charge in [0, 0.05) is 5.56 Å². The smallest absolute Gasteiger partial charge is 0.322 e. The van der Waals surface area contributed by atoms with Gasteiger partial charge in [0.25, 0.3) is 11.8 Å². The van der Waals surface area contributed by atoms with Gasteiger partial charge in [-0.2, -0.15) is 0 Å². The summed E-state index contributed by atoms with van der Waals surface area (Å²) in [6, 6.07) is 21.7. The number of nitrogens with one attached hydrogen (secondary N) is 2. The van der Waals surface area contributed by atoms with Crippen LogP contribution >= 0.6 is 0 Å². The van der Waals surface area contributed by atoms with Gasteiger partial charge in [-0.25, -0.2) is 0 Å². The Balaban J connectivity index is 1.97. The zero-order chi connectivity index (χ0) is 19.9. The Bertz CT molecular complexity index is 1050. The van der Waals surface area contributed by atoms with E-state index in [1.807, 2.05) is 42.5 Å². The molecule has 0 heterocycles. The molecule has 0 spiro atoms. The minimum Gasteiger partial charge on any atom is -0.480 e. The highest BCUT2D eigenvalue weighted by atomic mass is 16.4. The largest absolute Gasteiger partial charge is 0.480 e. The van der Waals surface area contributed by atoms with E-state index in [4.69, 9.17) is 5.11 Å². The van der Waals surface area contributed by atoms with Crippen molar-refractivity contribution in [2.75, 3.05) is 6.54 Å². The number of hydrogen-bond donors (Lipinski definition) is 3. The van der Waals surface area contributed by atoms with Gasteiger partial charge in [-0.1, -0.05) is 60.7 Å². The minimum atomic E-state index is -1.17. The molecule has 140 valence electrons. The Kier molecular flexibility index (Phi) is 5.81. The minimum absolute atomic E-state index is 0.0357. The lowest BCUT2D eigenvalue weighted by Gasteiger charge is -2.11. The molecule has 0 aliphatic heterocycles. The Labute approximate surface area is 161 Å². The first-order valence-electron chi connectivity index (χ1n) is 8.60. The molecule has 0 saturated heterocycles. The molecule has 0 unspecified atom stereocenters. The van der Waals surface area contributed by atoms with Crippen LogP contribution in [0.15, 0.2) is 78.5 Å². The van der Waals surface area contributed by atoms with E-state index in [9.17, 15) is 14.4 Å². The predicted octanol–water partition coefficient (Wildman–Crippen LogP) is 2.81. The van der Waals surface area contributed by atoms with Gasteiger partial charge in [-0.15, -0.1) is 0 Å². The van der Waals surface area contributed by atoms with Crippen molar-refractivity contribution in [3.05, 3.63) is 89.6 Å². The number of carbonyl (C=O) groups is 3. The Morgan fingerprint density at radius 3 is 2.29 bits per heavy atom. The fourth-order valence-electron chi connectivity index (χ4n) is 2.73. The summed E-state index contributed by atoms with van der Waals surface area (Å²) in [6.07, 6.45) is 1.54. The van der Waals surface area contributed by atoms with Gasteiger partial charge in [-0.05, 0) is 34.5 Å². The molecule has 0 fully saturated rings. The van der Waals surface area contributed by atoms with Crippen LogP contribution in [0.5, 0.6) is 0 Å². The molecule has 3 N–H and O–H groups in total. The summed E-state index contributed by atoms with van der Waals surface area (Å²) >= 11 is 0. The van der Waals surface area contributed by atoms with Gasteiger partial charge in [0.1, 0.15) is 12.2 Å². The molecule has 0 radical (unpaired) electrons. The van der Waals surface area contributed by atoms with E-state index in [0.29, 0.717) is 5.56 Å². The van der Waals surface area contributed by atoms with Crippen molar-refractivity contribution in [1.82, 2.24) is 10.6 Å². The zero-order valence-corrected chi connectivity index (χ0v) is 14.9. The van der Waals surface area contributed by atoms with Crippen molar-refractivity contribution in [3.63, 3.8) is 0 Å². The van der Waals surface area contributed by atoms with Crippen LogP contribution in [0.2, 0.25) is 0 Å². The van der Waals surface area contributed by atoms with E-state index >= 15 is 0 Å². The van der Waals surface area contributed by atoms with Crippen molar-refractivity contribution in [2.45, 2.75) is 0 Å². The summed E-state index contributed by atoms with van der Waals surface area (Å²) in [5.41, 5.74) is 1.08. The zero-order valence-electron chi connectivity index (χ0n) is 14.9. The van der Waals surface area contributed by atoms with Crippen molar-refractivity contribution < 1.29 is 19.5 Å². The van der Waals surface area contributed by atoms with E-state index in [-0.39, 0.29) is 5.70 Å². The van der Waals surface area contributed by atoms with E-state index in [0.717, 1.165) is 16.3 Å². The SMILES string of the molecule is O=C(O)CNC(=O)/C(=C/c1cccc2ccccc12)NC(=O)c1ccccc1. The first-order valence-corrected chi connectivity index (χ1v) is 8.60. The van der Waals surface area contributed by atoms with Crippen LogP contribution < -0.4 is 10.6 Å². The van der Waals surface area contributed by atoms with Crippen LogP contribution in [0.25, 0.3) is 16.8 Å². The van der Waals surface area contributed by atoms with Crippen molar-refractivity contribution in [3.8, 4) is 0 Å². The van der Waals surface area contributed by atoms with Crippen molar-refractivity contribution in [1.29, 1.82) is 0 Å². The van der Waals surface area contributed by atoms with E-state index < -0.39 is 24.3 Å². The maximum Gasteiger partial charge on any atom is 0.322 e. The van der Waals surface area contributed by atoms with Gasteiger partial charge in [-0.3, -0.25) is 14.4 Å². The third-order valence-electron chi connectivity index (χ3n) is 4.05. The monoisotopic (exact) mass is 374 g/mol. The Morgan fingerprint density at radius 2 is 1.54 bits per heavy atom. The Morgan fingerprint density at radius 1 is 0.857 bits per heavy atom. The number of hydrogen-bond acceptors (Lipinski definition) is 3. The first-order chi connectivity index (χ1) is 13.5. The van der Waals surface area contributed by atoms with Gasteiger partial charge < -0.3 is 15.7 Å². The molecule has 3 rings (SSSR count). The number of amides is 2. The molecule has 0 saturated carbocycles. The van der Waals surface area contributed by atoms with Crippen LogP contribution in [0.3, 0.4) is 0 Å². The fraction of sp³-hybridized carbons (Fsp3) is 0.0455. The molecule has 0 bridgehead atoms. The second-order valence-corrected chi connectivity index (χ2v) is 6.02. The third kappa shape index (κ3) is 4.62.